The van der Waals surface area contributed by atoms with E-state index in [0.29, 0.717) is 29.9 Å². The summed E-state index contributed by atoms with van der Waals surface area (Å²) in [5.74, 6) is 1.84. The van der Waals surface area contributed by atoms with Gasteiger partial charge in [0.05, 0.1) is 0 Å². The molecule has 1 saturated heterocycles. The van der Waals surface area contributed by atoms with Crippen molar-refractivity contribution < 1.29 is 9.32 Å². The van der Waals surface area contributed by atoms with Gasteiger partial charge in [-0.15, -0.1) is 0 Å². The Bertz CT molecular complexity index is 1130. The van der Waals surface area contributed by atoms with Gasteiger partial charge in [0.15, 0.2) is 0 Å². The van der Waals surface area contributed by atoms with E-state index < -0.39 is 0 Å². The molecule has 2 amide bonds. The zero-order chi connectivity index (χ0) is 23.5. The second kappa shape index (κ2) is 10.1. The van der Waals surface area contributed by atoms with E-state index in [0.717, 1.165) is 54.3 Å². The number of halogens is 1. The first-order valence-corrected chi connectivity index (χ1v) is 12.5. The van der Waals surface area contributed by atoms with Crippen LogP contribution >= 0.6 is 11.6 Å². The SMILES string of the molecule is Cc1c(Cl)cccc1NC(=O)N1CCN(c2ccc(-c3noc(C4CCCCC4)n3)cc2)CC1. The molecule has 2 fully saturated rings. The van der Waals surface area contributed by atoms with Gasteiger partial charge in [0.25, 0.3) is 0 Å². The minimum Gasteiger partial charge on any atom is -0.368 e. The van der Waals surface area contributed by atoms with Gasteiger partial charge in [-0.1, -0.05) is 42.1 Å². The number of amides is 2. The molecule has 178 valence electrons. The number of benzene rings is 2. The van der Waals surface area contributed by atoms with Crippen LogP contribution in [0.15, 0.2) is 47.0 Å². The molecule has 2 aromatic carbocycles. The fraction of sp³-hybridized carbons (Fsp3) is 0.423. The number of carbonyl (C=O) groups is 1. The number of carbonyl (C=O) groups excluding carboxylic acids is 1. The Morgan fingerprint density at radius 1 is 1.03 bits per heavy atom. The van der Waals surface area contributed by atoms with Crippen LogP contribution in [0, 0.1) is 6.92 Å². The molecular weight excluding hydrogens is 450 g/mol. The van der Waals surface area contributed by atoms with Crippen molar-refractivity contribution in [1.29, 1.82) is 0 Å². The molecule has 1 N–H and O–H groups in total. The molecule has 3 aromatic rings. The van der Waals surface area contributed by atoms with E-state index in [4.69, 9.17) is 16.1 Å². The van der Waals surface area contributed by atoms with Crippen molar-refractivity contribution in [3.63, 3.8) is 0 Å². The highest BCUT2D eigenvalue weighted by Crippen LogP contribution is 2.33. The fourth-order valence-electron chi connectivity index (χ4n) is 4.79. The molecule has 5 rings (SSSR count). The Morgan fingerprint density at radius 2 is 1.76 bits per heavy atom. The number of anilines is 2. The lowest BCUT2D eigenvalue weighted by Gasteiger charge is -2.36. The second-order valence-corrected chi connectivity index (χ2v) is 9.56. The van der Waals surface area contributed by atoms with Gasteiger partial charge in [0.2, 0.25) is 11.7 Å². The first kappa shape index (κ1) is 22.7. The molecule has 8 heteroatoms. The Kier molecular flexibility index (Phi) is 6.72. The first-order valence-electron chi connectivity index (χ1n) is 12.1. The molecule has 2 aliphatic rings. The van der Waals surface area contributed by atoms with Crippen LogP contribution < -0.4 is 10.2 Å². The van der Waals surface area contributed by atoms with E-state index >= 15 is 0 Å². The third-order valence-electron chi connectivity index (χ3n) is 6.96. The van der Waals surface area contributed by atoms with Gasteiger partial charge in [-0.2, -0.15) is 4.98 Å². The van der Waals surface area contributed by atoms with Gasteiger partial charge in [0.1, 0.15) is 0 Å². The van der Waals surface area contributed by atoms with Gasteiger partial charge in [-0.3, -0.25) is 0 Å². The highest BCUT2D eigenvalue weighted by molar-refractivity contribution is 6.31. The normalized spacial score (nSPS) is 17.1. The predicted molar refractivity (Wildman–Crippen MR) is 135 cm³/mol. The lowest BCUT2D eigenvalue weighted by molar-refractivity contribution is 0.208. The van der Waals surface area contributed by atoms with Crippen molar-refractivity contribution in [3.05, 3.63) is 58.9 Å². The lowest BCUT2D eigenvalue weighted by Crippen LogP contribution is -2.50. The quantitative estimate of drug-likeness (QED) is 0.489. The smallest absolute Gasteiger partial charge is 0.321 e. The van der Waals surface area contributed by atoms with Gasteiger partial charge in [-0.25, -0.2) is 4.79 Å². The predicted octanol–water partition coefficient (Wildman–Crippen LogP) is 6.10. The Balaban J connectivity index is 1.17. The molecule has 2 heterocycles. The topological polar surface area (TPSA) is 74.5 Å². The van der Waals surface area contributed by atoms with Crippen molar-refractivity contribution in [1.82, 2.24) is 15.0 Å². The van der Waals surface area contributed by atoms with Crippen LogP contribution in [0.2, 0.25) is 5.02 Å². The van der Waals surface area contributed by atoms with E-state index in [1.165, 1.54) is 19.3 Å². The third-order valence-corrected chi connectivity index (χ3v) is 7.37. The summed E-state index contributed by atoms with van der Waals surface area (Å²) in [5.41, 5.74) is 3.72. The highest BCUT2D eigenvalue weighted by atomic mass is 35.5. The molecule has 34 heavy (non-hydrogen) atoms. The second-order valence-electron chi connectivity index (χ2n) is 9.15. The maximum absolute atomic E-state index is 12.7. The first-order chi connectivity index (χ1) is 16.6. The van der Waals surface area contributed by atoms with Crippen LogP contribution in [-0.4, -0.2) is 47.3 Å². The summed E-state index contributed by atoms with van der Waals surface area (Å²) in [5, 5.41) is 7.86. The molecule has 1 aliphatic heterocycles. The van der Waals surface area contributed by atoms with E-state index in [2.05, 4.69) is 32.5 Å². The molecule has 0 unspecified atom stereocenters. The fourth-order valence-corrected chi connectivity index (χ4v) is 4.97. The van der Waals surface area contributed by atoms with Crippen LogP contribution in [0.5, 0.6) is 0 Å². The number of nitrogens with zero attached hydrogens (tertiary/aromatic N) is 4. The number of rotatable bonds is 4. The van der Waals surface area contributed by atoms with E-state index in [1.54, 1.807) is 0 Å². The molecule has 1 aliphatic carbocycles. The molecule has 0 bridgehead atoms. The van der Waals surface area contributed by atoms with Crippen LogP contribution in [0.4, 0.5) is 16.2 Å². The summed E-state index contributed by atoms with van der Waals surface area (Å²) < 4.78 is 5.57. The average molecular weight is 480 g/mol. The Labute approximate surface area is 205 Å². The Morgan fingerprint density at radius 3 is 2.50 bits per heavy atom. The molecule has 0 radical (unpaired) electrons. The van der Waals surface area contributed by atoms with E-state index in [1.807, 2.05) is 42.2 Å². The number of hydrogen-bond acceptors (Lipinski definition) is 5. The van der Waals surface area contributed by atoms with Crippen LogP contribution in [0.25, 0.3) is 11.4 Å². The molecule has 1 saturated carbocycles. The number of aromatic nitrogens is 2. The van der Waals surface area contributed by atoms with Crippen molar-refractivity contribution in [2.75, 3.05) is 36.4 Å². The van der Waals surface area contributed by atoms with Gasteiger partial charge in [-0.05, 0) is 61.7 Å². The monoisotopic (exact) mass is 479 g/mol. The van der Waals surface area contributed by atoms with E-state index in [-0.39, 0.29) is 6.03 Å². The number of hydrogen-bond donors (Lipinski definition) is 1. The standard InChI is InChI=1S/C26H30ClN5O2/c1-18-22(27)8-5-9-23(18)28-26(33)32-16-14-31(15-17-32)21-12-10-19(11-13-21)24-29-25(34-30-24)20-6-3-2-4-7-20/h5,8-13,20H,2-4,6-7,14-17H2,1H3,(H,28,33). The number of nitrogens with one attached hydrogen (secondary N) is 1. The maximum atomic E-state index is 12.7. The average Bonchev–Trinajstić information content (AvgIpc) is 3.38. The summed E-state index contributed by atoms with van der Waals surface area (Å²) >= 11 is 6.17. The summed E-state index contributed by atoms with van der Waals surface area (Å²) in [4.78, 5) is 21.5. The number of piperazine rings is 1. The van der Waals surface area contributed by atoms with Crippen molar-refractivity contribution in [2.24, 2.45) is 0 Å². The highest BCUT2D eigenvalue weighted by Gasteiger charge is 2.23. The van der Waals surface area contributed by atoms with Gasteiger partial charge >= 0.3 is 6.03 Å². The van der Waals surface area contributed by atoms with Crippen molar-refractivity contribution in [3.8, 4) is 11.4 Å². The molecule has 7 nitrogen and oxygen atoms in total. The minimum absolute atomic E-state index is 0.0914. The van der Waals surface area contributed by atoms with Crippen LogP contribution in [0.3, 0.4) is 0 Å². The van der Waals surface area contributed by atoms with E-state index in [9.17, 15) is 4.79 Å². The van der Waals surface area contributed by atoms with Crippen LogP contribution in [0.1, 0.15) is 49.5 Å². The zero-order valence-electron chi connectivity index (χ0n) is 19.5. The van der Waals surface area contributed by atoms with Crippen LogP contribution in [-0.2, 0) is 0 Å². The van der Waals surface area contributed by atoms with Crippen molar-refractivity contribution in [2.45, 2.75) is 44.9 Å². The Hall–Kier alpha value is -3.06. The summed E-state index contributed by atoms with van der Waals surface area (Å²) in [6.45, 7) is 4.77. The molecule has 1 aromatic heterocycles. The molecule has 0 spiro atoms. The molecule has 0 atom stereocenters. The lowest BCUT2D eigenvalue weighted by atomic mass is 9.89. The van der Waals surface area contributed by atoms with Gasteiger partial charge in [0, 0.05) is 54.1 Å². The van der Waals surface area contributed by atoms with Gasteiger partial charge < -0.3 is 19.6 Å². The third kappa shape index (κ3) is 4.89. The summed E-state index contributed by atoms with van der Waals surface area (Å²) in [6.07, 6.45) is 6.07. The summed E-state index contributed by atoms with van der Waals surface area (Å²) in [7, 11) is 0. The van der Waals surface area contributed by atoms with Crippen molar-refractivity contribution >= 4 is 29.0 Å². The minimum atomic E-state index is -0.0914. The summed E-state index contributed by atoms with van der Waals surface area (Å²) in [6, 6.07) is 13.7. The number of urea groups is 1. The maximum Gasteiger partial charge on any atom is 0.321 e. The molecular formula is C26H30ClN5O2. The zero-order valence-corrected chi connectivity index (χ0v) is 20.2. The largest absolute Gasteiger partial charge is 0.368 e.